The van der Waals surface area contributed by atoms with Crippen molar-refractivity contribution in [2.45, 2.75) is 32.4 Å². The maximum absolute atomic E-state index is 13.0. The number of nitrogens with zero attached hydrogens (tertiary/aromatic N) is 2. The molecule has 0 aliphatic rings. The molecule has 112 valence electrons. The van der Waals surface area contributed by atoms with Gasteiger partial charge in [0.1, 0.15) is 0 Å². The minimum Gasteiger partial charge on any atom is -0.410 e. The Morgan fingerprint density at radius 3 is 2.35 bits per heavy atom. The van der Waals surface area contributed by atoms with E-state index < -0.39 is 11.9 Å². The Bertz CT molecular complexity index is 496. The van der Waals surface area contributed by atoms with E-state index in [1.807, 2.05) is 13.8 Å². The van der Waals surface area contributed by atoms with Crippen LogP contribution in [0.1, 0.15) is 37.3 Å². The lowest BCUT2D eigenvalue weighted by molar-refractivity contribution is -0.0600. The van der Waals surface area contributed by atoms with Crippen molar-refractivity contribution in [1.29, 1.82) is 0 Å². The Labute approximate surface area is 116 Å². The predicted octanol–water partition coefficient (Wildman–Crippen LogP) is 4.01. The minimum absolute atomic E-state index is 0.109. The van der Waals surface area contributed by atoms with Gasteiger partial charge in [-0.15, -0.1) is 0 Å². The molecule has 1 aromatic carbocycles. The summed E-state index contributed by atoms with van der Waals surface area (Å²) in [5, 5.41) is 11.2. The second-order valence-corrected chi connectivity index (χ2v) is 4.93. The highest BCUT2D eigenvalue weighted by molar-refractivity contribution is 6.08. The normalized spacial score (nSPS) is 14.2. The molecule has 0 radical (unpaired) electrons. The van der Waals surface area contributed by atoms with Crippen LogP contribution in [0.3, 0.4) is 0 Å². The molecule has 0 heterocycles. The van der Waals surface area contributed by atoms with Gasteiger partial charge in [0.05, 0.1) is 0 Å². The van der Waals surface area contributed by atoms with Crippen LogP contribution in [0.15, 0.2) is 23.4 Å². The van der Waals surface area contributed by atoms with E-state index in [-0.39, 0.29) is 11.5 Å². The summed E-state index contributed by atoms with van der Waals surface area (Å²) >= 11 is 0. The van der Waals surface area contributed by atoms with Gasteiger partial charge in [-0.2, -0.15) is 13.2 Å². The summed E-state index contributed by atoms with van der Waals surface area (Å²) in [6, 6.07) is 4.87. The van der Waals surface area contributed by atoms with Gasteiger partial charge >= 0.3 is 6.18 Å². The molecule has 0 fully saturated rings. The fourth-order valence-electron chi connectivity index (χ4n) is 1.94. The molecule has 0 aromatic heterocycles. The van der Waals surface area contributed by atoms with Crippen molar-refractivity contribution in [2.24, 2.45) is 5.16 Å². The zero-order chi connectivity index (χ0) is 15.5. The van der Waals surface area contributed by atoms with Crippen molar-refractivity contribution in [2.75, 3.05) is 19.0 Å². The van der Waals surface area contributed by atoms with Gasteiger partial charge in [0.2, 0.25) is 0 Å². The predicted molar refractivity (Wildman–Crippen MR) is 73.9 cm³/mol. The molecule has 3 nitrogen and oxygen atoms in total. The minimum atomic E-state index is -4.70. The first-order chi connectivity index (χ1) is 9.22. The third kappa shape index (κ3) is 3.43. The number of hydrogen-bond donors (Lipinski definition) is 1. The molecular weight excluding hydrogens is 269 g/mol. The summed E-state index contributed by atoms with van der Waals surface area (Å²) in [4.78, 5) is 1.56. The summed E-state index contributed by atoms with van der Waals surface area (Å²) in [7, 11) is 3.29. The quantitative estimate of drug-likeness (QED) is 0.516. The van der Waals surface area contributed by atoms with Crippen molar-refractivity contribution < 1.29 is 18.4 Å². The zero-order valence-electron chi connectivity index (χ0n) is 12.0. The summed E-state index contributed by atoms with van der Waals surface area (Å²) in [6.07, 6.45) is -3.88. The number of benzene rings is 1. The number of alkyl halides is 3. The van der Waals surface area contributed by atoms with E-state index in [2.05, 4.69) is 5.16 Å². The van der Waals surface area contributed by atoms with Crippen LogP contribution in [0.5, 0.6) is 0 Å². The van der Waals surface area contributed by atoms with E-state index in [1.54, 1.807) is 31.1 Å². The van der Waals surface area contributed by atoms with Crippen molar-refractivity contribution >= 4 is 11.4 Å². The van der Waals surface area contributed by atoms with Gasteiger partial charge in [-0.3, -0.25) is 0 Å². The lowest BCUT2D eigenvalue weighted by Gasteiger charge is -2.21. The third-order valence-corrected chi connectivity index (χ3v) is 3.31. The van der Waals surface area contributed by atoms with Crippen molar-refractivity contribution in [3.8, 4) is 0 Å². The molecule has 0 aliphatic carbocycles. The van der Waals surface area contributed by atoms with Crippen LogP contribution in [0.4, 0.5) is 18.9 Å². The number of rotatable bonds is 4. The number of halogens is 3. The topological polar surface area (TPSA) is 35.8 Å². The fourth-order valence-corrected chi connectivity index (χ4v) is 1.94. The highest BCUT2D eigenvalue weighted by atomic mass is 19.4. The molecule has 20 heavy (non-hydrogen) atoms. The number of anilines is 1. The standard InChI is InChI=1S/C14H19F3N2O/c1-5-9(2)10-6-7-12(19(3)4)11(8-10)13(18-20)14(15,16)17/h6-9,20H,5H2,1-4H3/b18-13-. The smallest absolute Gasteiger partial charge is 0.410 e. The average Bonchev–Trinajstić information content (AvgIpc) is 2.36. The largest absolute Gasteiger partial charge is 0.437 e. The molecule has 0 saturated heterocycles. The lowest BCUT2D eigenvalue weighted by Crippen LogP contribution is -2.27. The van der Waals surface area contributed by atoms with Crippen molar-refractivity contribution in [3.05, 3.63) is 29.3 Å². The number of hydrogen-bond acceptors (Lipinski definition) is 3. The second-order valence-electron chi connectivity index (χ2n) is 4.93. The molecule has 0 amide bonds. The number of oxime groups is 1. The summed E-state index contributed by atoms with van der Waals surface area (Å²) in [6.45, 7) is 3.91. The molecule has 1 N–H and O–H groups in total. The van der Waals surface area contributed by atoms with Gasteiger partial charge in [0.25, 0.3) is 0 Å². The fraction of sp³-hybridized carbons (Fsp3) is 0.500. The summed E-state index contributed by atoms with van der Waals surface area (Å²) < 4.78 is 38.9. The summed E-state index contributed by atoms with van der Waals surface area (Å²) in [5.41, 5.74) is -0.227. The Balaban J connectivity index is 3.47. The molecule has 0 spiro atoms. The van der Waals surface area contributed by atoms with Crippen LogP contribution in [-0.2, 0) is 0 Å². The van der Waals surface area contributed by atoms with Crippen LogP contribution in [-0.4, -0.2) is 31.2 Å². The monoisotopic (exact) mass is 288 g/mol. The SMILES string of the molecule is CCC(C)c1ccc(N(C)C)c(/C(=N/O)C(F)(F)F)c1. The van der Waals surface area contributed by atoms with Gasteiger partial charge in [-0.1, -0.05) is 25.1 Å². The Kier molecular flexibility index (Phi) is 5.03. The van der Waals surface area contributed by atoms with E-state index in [0.29, 0.717) is 5.69 Å². The third-order valence-electron chi connectivity index (χ3n) is 3.31. The van der Waals surface area contributed by atoms with Gasteiger partial charge in [0, 0.05) is 25.3 Å². The van der Waals surface area contributed by atoms with E-state index in [9.17, 15) is 13.2 Å². The van der Waals surface area contributed by atoms with Gasteiger partial charge in [-0.25, -0.2) is 0 Å². The molecule has 0 bridgehead atoms. The van der Waals surface area contributed by atoms with Gasteiger partial charge in [-0.05, 0) is 30.0 Å². The van der Waals surface area contributed by atoms with Crippen LogP contribution >= 0.6 is 0 Å². The van der Waals surface area contributed by atoms with E-state index >= 15 is 0 Å². The Morgan fingerprint density at radius 2 is 1.95 bits per heavy atom. The second kappa shape index (κ2) is 6.15. The maximum atomic E-state index is 13.0. The first kappa shape index (κ1) is 16.3. The first-order valence-electron chi connectivity index (χ1n) is 6.33. The highest BCUT2D eigenvalue weighted by Crippen LogP contribution is 2.31. The molecule has 1 aromatic rings. The van der Waals surface area contributed by atoms with Crippen LogP contribution in [0.25, 0.3) is 0 Å². The Morgan fingerprint density at radius 1 is 1.35 bits per heavy atom. The lowest BCUT2D eigenvalue weighted by atomic mass is 9.94. The van der Waals surface area contributed by atoms with E-state index in [4.69, 9.17) is 5.21 Å². The van der Waals surface area contributed by atoms with E-state index in [0.717, 1.165) is 12.0 Å². The highest BCUT2D eigenvalue weighted by Gasteiger charge is 2.39. The summed E-state index contributed by atoms with van der Waals surface area (Å²) in [5.74, 6) is 0.137. The molecule has 0 saturated carbocycles. The zero-order valence-corrected chi connectivity index (χ0v) is 12.0. The molecule has 0 aliphatic heterocycles. The maximum Gasteiger partial charge on any atom is 0.437 e. The molecule has 6 heteroatoms. The molecule has 1 unspecified atom stereocenters. The average molecular weight is 288 g/mol. The van der Waals surface area contributed by atoms with Crippen molar-refractivity contribution in [1.82, 2.24) is 0 Å². The Hall–Kier alpha value is -1.72. The van der Waals surface area contributed by atoms with Crippen LogP contribution in [0, 0.1) is 0 Å². The van der Waals surface area contributed by atoms with Gasteiger partial charge < -0.3 is 10.1 Å². The first-order valence-corrected chi connectivity index (χ1v) is 6.33. The van der Waals surface area contributed by atoms with Crippen molar-refractivity contribution in [3.63, 3.8) is 0 Å². The van der Waals surface area contributed by atoms with Crippen LogP contribution in [0.2, 0.25) is 0 Å². The van der Waals surface area contributed by atoms with Gasteiger partial charge in [0.15, 0.2) is 5.71 Å². The van der Waals surface area contributed by atoms with Crippen LogP contribution < -0.4 is 4.90 Å². The molecule has 1 rings (SSSR count). The molecular formula is C14H19F3N2O. The van der Waals surface area contributed by atoms with E-state index in [1.165, 1.54) is 6.07 Å². The molecule has 1 atom stereocenters.